The Morgan fingerprint density at radius 2 is 2.14 bits per heavy atom. The molecular weight excluding hydrogens is 313 g/mol. The number of carbonyl (C=O) groups is 1. The van der Waals surface area contributed by atoms with Crippen LogP contribution in [0.25, 0.3) is 0 Å². The van der Waals surface area contributed by atoms with Gasteiger partial charge in [0, 0.05) is 5.56 Å². The molecular formula is C15H15Cl2NO3. The van der Waals surface area contributed by atoms with E-state index in [1.807, 2.05) is 6.07 Å². The van der Waals surface area contributed by atoms with E-state index >= 15 is 0 Å². The van der Waals surface area contributed by atoms with Crippen LogP contribution >= 0.6 is 23.2 Å². The SMILES string of the molecule is O=C(N[C@@H]1COc2c1ccc(Cl)c2Cl)[C@H]1C[C@H]2CC[C@H]1O2. The number of ether oxygens (including phenoxy) is 2. The van der Waals surface area contributed by atoms with E-state index in [4.69, 9.17) is 32.7 Å². The van der Waals surface area contributed by atoms with Crippen molar-refractivity contribution in [1.82, 2.24) is 5.32 Å². The monoisotopic (exact) mass is 327 g/mol. The van der Waals surface area contributed by atoms with Crippen molar-refractivity contribution in [3.05, 3.63) is 27.7 Å². The lowest BCUT2D eigenvalue weighted by molar-refractivity contribution is -0.127. The highest BCUT2D eigenvalue weighted by Crippen LogP contribution is 2.43. The maximum absolute atomic E-state index is 12.4. The third-order valence-electron chi connectivity index (χ3n) is 4.61. The van der Waals surface area contributed by atoms with Crippen molar-refractivity contribution in [3.8, 4) is 5.75 Å². The van der Waals surface area contributed by atoms with Crippen LogP contribution in [0.5, 0.6) is 5.75 Å². The molecule has 1 N–H and O–H groups in total. The van der Waals surface area contributed by atoms with Crippen molar-refractivity contribution in [3.63, 3.8) is 0 Å². The lowest BCUT2D eigenvalue weighted by Gasteiger charge is -2.20. The van der Waals surface area contributed by atoms with E-state index in [9.17, 15) is 4.79 Å². The highest BCUT2D eigenvalue weighted by atomic mass is 35.5. The van der Waals surface area contributed by atoms with Gasteiger partial charge in [0.15, 0.2) is 0 Å². The molecule has 0 aromatic heterocycles. The van der Waals surface area contributed by atoms with Gasteiger partial charge in [0.25, 0.3) is 0 Å². The predicted molar refractivity (Wildman–Crippen MR) is 78.8 cm³/mol. The second-order valence-corrected chi connectivity index (χ2v) is 6.65. The quantitative estimate of drug-likeness (QED) is 0.907. The Labute approximate surface area is 132 Å². The van der Waals surface area contributed by atoms with E-state index in [0.717, 1.165) is 24.8 Å². The molecule has 0 aliphatic carbocycles. The molecule has 2 bridgehead atoms. The maximum atomic E-state index is 12.4. The molecule has 0 unspecified atom stereocenters. The zero-order chi connectivity index (χ0) is 14.6. The molecule has 2 saturated heterocycles. The Morgan fingerprint density at radius 3 is 2.86 bits per heavy atom. The minimum Gasteiger partial charge on any atom is -0.489 e. The van der Waals surface area contributed by atoms with Gasteiger partial charge in [-0.2, -0.15) is 0 Å². The fourth-order valence-corrected chi connectivity index (χ4v) is 3.91. The highest BCUT2D eigenvalue weighted by molar-refractivity contribution is 6.43. The van der Waals surface area contributed by atoms with Crippen LogP contribution in [-0.4, -0.2) is 24.7 Å². The van der Waals surface area contributed by atoms with Crippen molar-refractivity contribution in [1.29, 1.82) is 0 Å². The van der Waals surface area contributed by atoms with Crippen LogP contribution in [0.3, 0.4) is 0 Å². The second kappa shape index (κ2) is 5.04. The van der Waals surface area contributed by atoms with E-state index in [1.165, 1.54) is 0 Å². The summed E-state index contributed by atoms with van der Waals surface area (Å²) < 4.78 is 11.3. The van der Waals surface area contributed by atoms with Gasteiger partial charge in [-0.05, 0) is 25.3 Å². The van der Waals surface area contributed by atoms with Crippen LogP contribution in [0.2, 0.25) is 10.0 Å². The van der Waals surface area contributed by atoms with Gasteiger partial charge in [0.1, 0.15) is 17.4 Å². The number of carbonyl (C=O) groups excluding carboxylic acids is 1. The minimum absolute atomic E-state index is 0.0319. The third-order valence-corrected chi connectivity index (χ3v) is 5.40. The Hall–Kier alpha value is -0.970. The van der Waals surface area contributed by atoms with Gasteiger partial charge in [0.2, 0.25) is 5.91 Å². The Morgan fingerprint density at radius 1 is 1.29 bits per heavy atom. The number of fused-ring (bicyclic) bond motifs is 3. The summed E-state index contributed by atoms with van der Waals surface area (Å²) in [6.45, 7) is 0.392. The third kappa shape index (κ3) is 2.20. The van der Waals surface area contributed by atoms with Crippen molar-refractivity contribution < 1.29 is 14.3 Å². The van der Waals surface area contributed by atoms with Crippen molar-refractivity contribution >= 4 is 29.1 Å². The largest absolute Gasteiger partial charge is 0.489 e. The van der Waals surface area contributed by atoms with E-state index in [2.05, 4.69) is 5.32 Å². The van der Waals surface area contributed by atoms with Gasteiger partial charge in [-0.1, -0.05) is 29.3 Å². The van der Waals surface area contributed by atoms with Crippen molar-refractivity contribution in [2.24, 2.45) is 5.92 Å². The zero-order valence-corrected chi connectivity index (χ0v) is 12.8. The number of amides is 1. The molecule has 3 aliphatic rings. The van der Waals surface area contributed by atoms with E-state index < -0.39 is 0 Å². The number of rotatable bonds is 2. The summed E-state index contributed by atoms with van der Waals surface area (Å²) >= 11 is 12.1. The van der Waals surface area contributed by atoms with Crippen LogP contribution in [-0.2, 0) is 9.53 Å². The summed E-state index contributed by atoms with van der Waals surface area (Å²) in [5.41, 5.74) is 0.891. The van der Waals surface area contributed by atoms with Gasteiger partial charge in [-0.15, -0.1) is 0 Å². The number of hydrogen-bond acceptors (Lipinski definition) is 3. The Bertz CT molecular complexity index is 607. The molecule has 112 valence electrons. The molecule has 4 atom stereocenters. The number of halogens is 2. The average molecular weight is 328 g/mol. The van der Waals surface area contributed by atoms with Gasteiger partial charge >= 0.3 is 0 Å². The summed E-state index contributed by atoms with van der Waals surface area (Å²) in [6, 6.07) is 3.43. The van der Waals surface area contributed by atoms with Crippen LogP contribution in [0.15, 0.2) is 12.1 Å². The smallest absolute Gasteiger partial charge is 0.226 e. The number of hydrogen-bond donors (Lipinski definition) is 1. The molecule has 0 radical (unpaired) electrons. The summed E-state index contributed by atoms with van der Waals surface area (Å²) in [7, 11) is 0. The van der Waals surface area contributed by atoms with Gasteiger partial charge < -0.3 is 14.8 Å². The highest BCUT2D eigenvalue weighted by Gasteiger charge is 2.45. The van der Waals surface area contributed by atoms with E-state index in [1.54, 1.807) is 6.07 Å². The van der Waals surface area contributed by atoms with Gasteiger partial charge in [-0.3, -0.25) is 4.79 Å². The molecule has 1 aromatic carbocycles. The molecule has 0 saturated carbocycles. The van der Waals surface area contributed by atoms with E-state index in [0.29, 0.717) is 22.4 Å². The molecule has 6 heteroatoms. The van der Waals surface area contributed by atoms with Gasteiger partial charge in [0.05, 0.1) is 29.2 Å². The first-order valence-corrected chi connectivity index (χ1v) is 7.95. The molecule has 4 nitrogen and oxygen atoms in total. The molecule has 21 heavy (non-hydrogen) atoms. The first-order valence-electron chi connectivity index (χ1n) is 7.20. The van der Waals surface area contributed by atoms with Crippen LogP contribution in [0, 0.1) is 5.92 Å². The Kier molecular flexibility index (Phi) is 3.28. The zero-order valence-electron chi connectivity index (χ0n) is 11.3. The number of benzene rings is 1. The molecule has 3 heterocycles. The van der Waals surface area contributed by atoms with Crippen LogP contribution in [0.1, 0.15) is 30.9 Å². The molecule has 0 spiro atoms. The fourth-order valence-electron chi connectivity index (χ4n) is 3.54. The second-order valence-electron chi connectivity index (χ2n) is 5.87. The van der Waals surface area contributed by atoms with Crippen molar-refractivity contribution in [2.75, 3.05) is 6.61 Å². The first kappa shape index (κ1) is 13.7. The molecule has 3 aliphatic heterocycles. The topological polar surface area (TPSA) is 47.6 Å². The van der Waals surface area contributed by atoms with Crippen LogP contribution < -0.4 is 10.1 Å². The van der Waals surface area contributed by atoms with E-state index in [-0.39, 0.29) is 30.1 Å². The number of nitrogens with one attached hydrogen (secondary N) is 1. The van der Waals surface area contributed by atoms with Gasteiger partial charge in [-0.25, -0.2) is 0 Å². The lowest BCUT2D eigenvalue weighted by atomic mass is 9.88. The first-order chi connectivity index (χ1) is 10.1. The molecule has 4 rings (SSSR count). The maximum Gasteiger partial charge on any atom is 0.226 e. The predicted octanol–water partition coefficient (Wildman–Crippen LogP) is 3.11. The van der Waals surface area contributed by atoms with Crippen molar-refractivity contribution in [2.45, 2.75) is 37.5 Å². The average Bonchev–Trinajstić information content (AvgIpc) is 3.18. The summed E-state index contributed by atoms with van der Waals surface area (Å²) in [4.78, 5) is 12.4. The summed E-state index contributed by atoms with van der Waals surface area (Å²) in [5, 5.41) is 3.94. The molecule has 1 aromatic rings. The normalized spacial score (nSPS) is 32.9. The lowest BCUT2D eigenvalue weighted by Crippen LogP contribution is -2.38. The van der Waals surface area contributed by atoms with Crippen LogP contribution in [0.4, 0.5) is 0 Å². The molecule has 1 amide bonds. The minimum atomic E-state index is -0.165. The standard InChI is InChI=1S/C15H15Cl2NO3/c16-10-3-2-8-11(6-20-14(8)13(10)17)18-15(19)9-5-7-1-4-12(9)21-7/h2-3,7,9,11-12H,1,4-6H2,(H,18,19)/t7-,9+,11-,12-/m1/s1. The summed E-state index contributed by atoms with van der Waals surface area (Å²) in [6.07, 6.45) is 3.26. The summed E-state index contributed by atoms with van der Waals surface area (Å²) in [5.74, 6) is 0.601. The Balaban J connectivity index is 1.50. The molecule has 2 fully saturated rings. The fraction of sp³-hybridized carbons (Fsp3) is 0.533.